The number of pyridine rings is 1. The summed E-state index contributed by atoms with van der Waals surface area (Å²) in [6, 6.07) is 15.1. The van der Waals surface area contributed by atoms with E-state index in [-0.39, 0.29) is 11.4 Å². The number of fused-ring (bicyclic) bond motifs is 1. The fourth-order valence-electron chi connectivity index (χ4n) is 2.17. The number of nitrogens with zero attached hydrogens (tertiary/aromatic N) is 2. The van der Waals surface area contributed by atoms with Gasteiger partial charge in [0.15, 0.2) is 0 Å². The third-order valence-corrected chi connectivity index (χ3v) is 3.27. The molecular formula is C17H12N2O3. The summed E-state index contributed by atoms with van der Waals surface area (Å²) in [6.45, 7) is 0. The van der Waals surface area contributed by atoms with Crippen LogP contribution in [-0.4, -0.2) is 15.0 Å². The Morgan fingerprint density at radius 3 is 2.50 bits per heavy atom. The van der Waals surface area contributed by atoms with Gasteiger partial charge in [-0.2, -0.15) is 0 Å². The molecule has 1 N–H and O–H groups in total. The first kappa shape index (κ1) is 13.8. The van der Waals surface area contributed by atoms with E-state index in [1.807, 2.05) is 12.2 Å². The molecule has 0 radical (unpaired) electrons. The molecule has 0 amide bonds. The first-order chi connectivity index (χ1) is 10.6. The second kappa shape index (κ2) is 5.65. The molecule has 0 atom stereocenters. The van der Waals surface area contributed by atoms with Gasteiger partial charge in [-0.05, 0) is 42.0 Å². The zero-order valence-electron chi connectivity index (χ0n) is 11.5. The molecule has 3 aromatic rings. The van der Waals surface area contributed by atoms with E-state index in [2.05, 4.69) is 4.98 Å². The number of benzene rings is 2. The molecule has 3 rings (SSSR count). The molecule has 0 bridgehead atoms. The lowest BCUT2D eigenvalue weighted by Crippen LogP contribution is -1.91. The number of aromatic hydroxyl groups is 1. The predicted octanol–water partition coefficient (Wildman–Crippen LogP) is 4.02. The van der Waals surface area contributed by atoms with Crippen molar-refractivity contribution in [1.82, 2.24) is 4.98 Å². The number of nitro groups is 1. The van der Waals surface area contributed by atoms with Crippen LogP contribution in [0.2, 0.25) is 0 Å². The first-order valence-electron chi connectivity index (χ1n) is 6.65. The van der Waals surface area contributed by atoms with Crippen molar-refractivity contribution in [1.29, 1.82) is 0 Å². The van der Waals surface area contributed by atoms with E-state index in [1.165, 1.54) is 6.07 Å². The maximum Gasteiger partial charge on any atom is 0.278 e. The average molecular weight is 292 g/mol. The minimum absolute atomic E-state index is 0.0547. The Bertz CT molecular complexity index is 871. The van der Waals surface area contributed by atoms with Gasteiger partial charge in [-0.15, -0.1) is 0 Å². The quantitative estimate of drug-likeness (QED) is 0.584. The fraction of sp³-hybridized carbons (Fsp3) is 0. The topological polar surface area (TPSA) is 76.3 Å². The smallest absolute Gasteiger partial charge is 0.278 e. The van der Waals surface area contributed by atoms with Crippen LogP contribution in [0.3, 0.4) is 0 Å². The van der Waals surface area contributed by atoms with E-state index in [0.717, 1.165) is 5.56 Å². The van der Waals surface area contributed by atoms with Gasteiger partial charge in [-0.3, -0.25) is 10.1 Å². The number of nitro benzene ring substituents is 1. The molecule has 0 spiro atoms. The Hall–Kier alpha value is -3.21. The van der Waals surface area contributed by atoms with Gasteiger partial charge in [0.05, 0.1) is 21.5 Å². The van der Waals surface area contributed by atoms with Gasteiger partial charge >= 0.3 is 0 Å². The SMILES string of the molecule is O=[N+]([O-])c1cccc2nc(C=Cc3ccc(O)cc3)ccc12. The maximum absolute atomic E-state index is 11.0. The number of hydrogen-bond acceptors (Lipinski definition) is 4. The number of hydrogen-bond donors (Lipinski definition) is 1. The molecule has 1 heterocycles. The number of aromatic nitrogens is 1. The lowest BCUT2D eigenvalue weighted by atomic mass is 10.1. The first-order valence-corrected chi connectivity index (χ1v) is 6.65. The van der Waals surface area contributed by atoms with Crippen LogP contribution < -0.4 is 0 Å². The van der Waals surface area contributed by atoms with Gasteiger partial charge in [0, 0.05) is 6.07 Å². The van der Waals surface area contributed by atoms with Crippen molar-refractivity contribution in [2.24, 2.45) is 0 Å². The Balaban J connectivity index is 1.95. The molecule has 0 aliphatic carbocycles. The Kier molecular flexibility index (Phi) is 3.53. The van der Waals surface area contributed by atoms with Crippen LogP contribution in [0, 0.1) is 10.1 Å². The average Bonchev–Trinajstić information content (AvgIpc) is 2.53. The molecular weight excluding hydrogens is 280 g/mol. The van der Waals surface area contributed by atoms with Gasteiger partial charge in [-0.1, -0.05) is 24.3 Å². The molecule has 0 aliphatic rings. The Morgan fingerprint density at radius 2 is 1.77 bits per heavy atom. The highest BCUT2D eigenvalue weighted by atomic mass is 16.6. The molecule has 2 aromatic carbocycles. The van der Waals surface area contributed by atoms with Crippen molar-refractivity contribution in [3.8, 4) is 5.75 Å². The Morgan fingerprint density at radius 1 is 1.00 bits per heavy atom. The van der Waals surface area contributed by atoms with Crippen LogP contribution in [0.25, 0.3) is 23.1 Å². The standard InChI is InChI=1S/C17H12N2O3/c20-14-9-5-12(6-10-14)4-7-13-8-11-15-16(18-13)2-1-3-17(15)19(21)22/h1-11,20H. The molecule has 108 valence electrons. The van der Waals surface area contributed by atoms with E-state index < -0.39 is 4.92 Å². The van der Waals surface area contributed by atoms with Gasteiger partial charge in [-0.25, -0.2) is 4.98 Å². The third-order valence-electron chi connectivity index (χ3n) is 3.27. The number of rotatable bonds is 3. The molecule has 0 saturated heterocycles. The zero-order chi connectivity index (χ0) is 15.5. The van der Waals surface area contributed by atoms with Crippen molar-refractivity contribution >= 4 is 28.7 Å². The molecule has 0 fully saturated rings. The van der Waals surface area contributed by atoms with Gasteiger partial charge in [0.2, 0.25) is 0 Å². The molecule has 0 unspecified atom stereocenters. The maximum atomic E-state index is 11.0. The minimum atomic E-state index is -0.407. The second-order valence-corrected chi connectivity index (χ2v) is 4.76. The van der Waals surface area contributed by atoms with Crippen molar-refractivity contribution in [2.75, 3.05) is 0 Å². The molecule has 5 nitrogen and oxygen atoms in total. The lowest BCUT2D eigenvalue weighted by Gasteiger charge is -2.00. The number of phenols is 1. The monoisotopic (exact) mass is 292 g/mol. The molecule has 1 aromatic heterocycles. The third kappa shape index (κ3) is 2.78. The predicted molar refractivity (Wildman–Crippen MR) is 85.4 cm³/mol. The summed E-state index contributed by atoms with van der Waals surface area (Å²) in [4.78, 5) is 15.0. The van der Waals surface area contributed by atoms with Crippen LogP contribution in [-0.2, 0) is 0 Å². The zero-order valence-corrected chi connectivity index (χ0v) is 11.5. The summed E-state index contributed by atoms with van der Waals surface area (Å²) >= 11 is 0. The fourth-order valence-corrected chi connectivity index (χ4v) is 2.17. The van der Waals surface area contributed by atoms with E-state index >= 15 is 0 Å². The summed E-state index contributed by atoms with van der Waals surface area (Å²) in [5.74, 6) is 0.216. The lowest BCUT2D eigenvalue weighted by molar-refractivity contribution is -0.383. The van der Waals surface area contributed by atoms with Gasteiger partial charge in [0.1, 0.15) is 5.75 Å². The van der Waals surface area contributed by atoms with Crippen LogP contribution >= 0.6 is 0 Å². The number of non-ortho nitro benzene ring substituents is 1. The van der Waals surface area contributed by atoms with Gasteiger partial charge in [0.25, 0.3) is 5.69 Å². The Labute approximate surface area is 126 Å². The highest BCUT2D eigenvalue weighted by Gasteiger charge is 2.11. The van der Waals surface area contributed by atoms with E-state index in [0.29, 0.717) is 16.6 Å². The minimum Gasteiger partial charge on any atom is -0.508 e. The van der Waals surface area contributed by atoms with Crippen LogP contribution in [0.15, 0.2) is 54.6 Å². The molecule has 0 aliphatic heterocycles. The number of phenolic OH excluding ortho intramolecular Hbond substituents is 1. The van der Waals surface area contributed by atoms with Crippen molar-refractivity contribution in [2.45, 2.75) is 0 Å². The van der Waals surface area contributed by atoms with Crippen molar-refractivity contribution in [3.63, 3.8) is 0 Å². The summed E-state index contributed by atoms with van der Waals surface area (Å²) in [5, 5.41) is 20.7. The largest absolute Gasteiger partial charge is 0.508 e. The van der Waals surface area contributed by atoms with Crippen molar-refractivity contribution in [3.05, 3.63) is 76.0 Å². The second-order valence-electron chi connectivity index (χ2n) is 4.76. The van der Waals surface area contributed by atoms with Crippen molar-refractivity contribution < 1.29 is 10.0 Å². The summed E-state index contributed by atoms with van der Waals surface area (Å²) in [5.41, 5.74) is 2.28. The van der Waals surface area contributed by atoms with Crippen LogP contribution in [0.1, 0.15) is 11.3 Å². The van der Waals surface area contributed by atoms with E-state index in [4.69, 9.17) is 0 Å². The van der Waals surface area contributed by atoms with E-state index in [9.17, 15) is 15.2 Å². The summed E-state index contributed by atoms with van der Waals surface area (Å²) in [7, 11) is 0. The molecule has 5 heteroatoms. The van der Waals surface area contributed by atoms with Crippen LogP contribution in [0.5, 0.6) is 5.75 Å². The highest BCUT2D eigenvalue weighted by molar-refractivity contribution is 5.88. The normalized spacial score (nSPS) is 11.1. The van der Waals surface area contributed by atoms with Crippen LogP contribution in [0.4, 0.5) is 5.69 Å². The summed E-state index contributed by atoms with van der Waals surface area (Å²) < 4.78 is 0. The van der Waals surface area contributed by atoms with E-state index in [1.54, 1.807) is 48.5 Å². The summed E-state index contributed by atoms with van der Waals surface area (Å²) in [6.07, 6.45) is 3.69. The molecule has 22 heavy (non-hydrogen) atoms. The highest BCUT2D eigenvalue weighted by Crippen LogP contribution is 2.24. The van der Waals surface area contributed by atoms with Gasteiger partial charge < -0.3 is 5.11 Å². The molecule has 0 saturated carbocycles.